The van der Waals surface area contributed by atoms with Crippen molar-refractivity contribution in [2.75, 3.05) is 10.6 Å². The molecule has 0 spiro atoms. The summed E-state index contributed by atoms with van der Waals surface area (Å²) in [6, 6.07) is 14.8. The predicted molar refractivity (Wildman–Crippen MR) is 117 cm³/mol. The number of imidazole rings is 1. The fraction of sp³-hybridized carbons (Fsp3) is 0.0455. The molecule has 0 aliphatic rings. The van der Waals surface area contributed by atoms with Crippen molar-refractivity contribution in [3.05, 3.63) is 77.9 Å². The molecule has 0 aliphatic carbocycles. The van der Waals surface area contributed by atoms with Crippen molar-refractivity contribution >= 4 is 45.6 Å². The Morgan fingerprint density at radius 1 is 1.00 bits per heavy atom. The minimum absolute atomic E-state index is 0.119. The van der Waals surface area contributed by atoms with Crippen LogP contribution in [-0.2, 0) is 9.59 Å². The monoisotopic (exact) mass is 402 g/mol. The topological polar surface area (TPSA) is 75.5 Å². The Morgan fingerprint density at radius 3 is 2.38 bits per heavy atom. The standard InChI is InChI=1S/C22H18N4O2S/c1-15(27)23-18-7-2-16(3-8-18)4-11-21(28)24-19-9-5-17(6-10-19)20-14-26-12-13-29-22(26)25-20/h2-14H,1H3,(H,23,27)(H,24,28)/b11-4+. The summed E-state index contributed by atoms with van der Waals surface area (Å²) in [7, 11) is 0. The maximum absolute atomic E-state index is 12.2. The second-order valence-corrected chi connectivity index (χ2v) is 7.30. The van der Waals surface area contributed by atoms with Crippen LogP contribution in [-0.4, -0.2) is 21.2 Å². The lowest BCUT2D eigenvalue weighted by Gasteiger charge is -2.04. The lowest BCUT2D eigenvalue weighted by molar-refractivity contribution is -0.114. The zero-order chi connectivity index (χ0) is 20.2. The minimum atomic E-state index is -0.216. The van der Waals surface area contributed by atoms with E-state index in [1.165, 1.54) is 13.0 Å². The maximum atomic E-state index is 12.2. The average Bonchev–Trinajstić information content (AvgIpc) is 3.30. The number of nitrogens with one attached hydrogen (secondary N) is 2. The van der Waals surface area contributed by atoms with Crippen LogP contribution in [0, 0.1) is 0 Å². The van der Waals surface area contributed by atoms with Gasteiger partial charge in [0.25, 0.3) is 0 Å². The highest BCUT2D eigenvalue weighted by Gasteiger charge is 2.06. The van der Waals surface area contributed by atoms with E-state index in [1.807, 2.05) is 58.6 Å². The summed E-state index contributed by atoms with van der Waals surface area (Å²) in [5, 5.41) is 7.54. The molecule has 0 radical (unpaired) electrons. The summed E-state index contributed by atoms with van der Waals surface area (Å²) < 4.78 is 1.99. The quantitative estimate of drug-likeness (QED) is 0.476. The van der Waals surface area contributed by atoms with Gasteiger partial charge in [-0.3, -0.25) is 14.0 Å². The van der Waals surface area contributed by atoms with E-state index in [-0.39, 0.29) is 11.8 Å². The number of nitrogens with zero attached hydrogens (tertiary/aromatic N) is 2. The first-order chi connectivity index (χ1) is 14.1. The molecular formula is C22H18N4O2S. The number of carbonyl (C=O) groups is 2. The van der Waals surface area contributed by atoms with Crippen LogP contribution in [0.3, 0.4) is 0 Å². The van der Waals surface area contributed by atoms with Crippen molar-refractivity contribution in [2.45, 2.75) is 6.92 Å². The smallest absolute Gasteiger partial charge is 0.248 e. The molecule has 0 atom stereocenters. The Morgan fingerprint density at radius 2 is 1.69 bits per heavy atom. The van der Waals surface area contributed by atoms with Crippen molar-refractivity contribution in [3.63, 3.8) is 0 Å². The van der Waals surface area contributed by atoms with E-state index in [4.69, 9.17) is 0 Å². The summed E-state index contributed by atoms with van der Waals surface area (Å²) in [6.07, 6.45) is 7.16. The highest BCUT2D eigenvalue weighted by atomic mass is 32.1. The first-order valence-corrected chi connectivity index (χ1v) is 9.84. The van der Waals surface area contributed by atoms with E-state index in [1.54, 1.807) is 29.5 Å². The minimum Gasteiger partial charge on any atom is -0.326 e. The summed E-state index contributed by atoms with van der Waals surface area (Å²) in [5.41, 5.74) is 4.19. The lowest BCUT2D eigenvalue weighted by atomic mass is 10.1. The van der Waals surface area contributed by atoms with Gasteiger partial charge in [-0.1, -0.05) is 24.3 Å². The number of rotatable bonds is 5. The van der Waals surface area contributed by atoms with Crippen LogP contribution in [0.5, 0.6) is 0 Å². The fourth-order valence-corrected chi connectivity index (χ4v) is 3.53. The average molecular weight is 402 g/mol. The van der Waals surface area contributed by atoms with E-state index in [2.05, 4.69) is 15.6 Å². The molecule has 2 amide bonds. The number of aromatic nitrogens is 2. The molecule has 0 saturated heterocycles. The van der Waals surface area contributed by atoms with Gasteiger partial charge in [0.1, 0.15) is 0 Å². The summed E-state index contributed by atoms with van der Waals surface area (Å²) >= 11 is 1.59. The normalized spacial score (nSPS) is 11.1. The van der Waals surface area contributed by atoms with E-state index in [0.29, 0.717) is 5.69 Å². The van der Waals surface area contributed by atoms with E-state index >= 15 is 0 Å². The third kappa shape index (κ3) is 4.59. The first-order valence-electron chi connectivity index (χ1n) is 8.96. The van der Waals surface area contributed by atoms with Crippen LogP contribution >= 0.6 is 11.3 Å². The molecule has 0 fully saturated rings. The van der Waals surface area contributed by atoms with Crippen LogP contribution < -0.4 is 10.6 Å². The first kappa shape index (κ1) is 18.6. The molecule has 0 saturated carbocycles. The van der Waals surface area contributed by atoms with Gasteiger partial charge in [-0.15, -0.1) is 11.3 Å². The molecular weight excluding hydrogens is 384 g/mol. The lowest BCUT2D eigenvalue weighted by Crippen LogP contribution is -2.07. The molecule has 29 heavy (non-hydrogen) atoms. The van der Waals surface area contributed by atoms with E-state index < -0.39 is 0 Å². The predicted octanol–water partition coefficient (Wildman–Crippen LogP) is 4.67. The molecule has 7 heteroatoms. The Hall–Kier alpha value is -3.71. The third-order valence-electron chi connectivity index (χ3n) is 4.20. The number of amides is 2. The zero-order valence-corrected chi connectivity index (χ0v) is 16.4. The molecule has 2 aromatic heterocycles. The number of thiazole rings is 1. The van der Waals surface area contributed by atoms with Gasteiger partial charge in [-0.05, 0) is 35.9 Å². The third-order valence-corrected chi connectivity index (χ3v) is 4.97. The molecule has 0 unspecified atom stereocenters. The van der Waals surface area contributed by atoms with Crippen LogP contribution in [0.4, 0.5) is 11.4 Å². The van der Waals surface area contributed by atoms with E-state index in [0.717, 1.165) is 27.5 Å². The molecule has 4 aromatic rings. The van der Waals surface area contributed by atoms with Gasteiger partial charge in [-0.2, -0.15) is 0 Å². The number of hydrogen-bond acceptors (Lipinski definition) is 4. The summed E-state index contributed by atoms with van der Waals surface area (Å²) in [5.74, 6) is -0.336. The van der Waals surface area contributed by atoms with Crippen molar-refractivity contribution in [3.8, 4) is 11.3 Å². The van der Waals surface area contributed by atoms with Crippen molar-refractivity contribution in [1.29, 1.82) is 0 Å². The van der Waals surface area contributed by atoms with Gasteiger partial charge in [0.2, 0.25) is 11.8 Å². The molecule has 144 valence electrons. The van der Waals surface area contributed by atoms with Gasteiger partial charge in [0, 0.05) is 47.7 Å². The number of carbonyl (C=O) groups excluding carboxylic acids is 2. The van der Waals surface area contributed by atoms with Gasteiger partial charge in [0.15, 0.2) is 4.96 Å². The molecule has 4 rings (SSSR count). The molecule has 0 bridgehead atoms. The number of fused-ring (bicyclic) bond motifs is 1. The highest BCUT2D eigenvalue weighted by Crippen LogP contribution is 2.23. The largest absolute Gasteiger partial charge is 0.326 e. The van der Waals surface area contributed by atoms with Gasteiger partial charge >= 0.3 is 0 Å². The summed E-state index contributed by atoms with van der Waals surface area (Å²) in [4.78, 5) is 28.7. The van der Waals surface area contributed by atoms with Gasteiger partial charge in [-0.25, -0.2) is 4.98 Å². The van der Waals surface area contributed by atoms with Gasteiger partial charge < -0.3 is 10.6 Å². The molecule has 2 heterocycles. The number of hydrogen-bond donors (Lipinski definition) is 2. The SMILES string of the molecule is CC(=O)Nc1ccc(/C=C/C(=O)Nc2ccc(-c3cn4ccsc4n3)cc2)cc1. The Labute approximate surface area is 171 Å². The Bertz CT molecular complexity index is 1160. The van der Waals surface area contributed by atoms with E-state index in [9.17, 15) is 9.59 Å². The van der Waals surface area contributed by atoms with Gasteiger partial charge in [0.05, 0.1) is 5.69 Å². The second kappa shape index (κ2) is 8.12. The Kier molecular flexibility index (Phi) is 5.22. The second-order valence-electron chi connectivity index (χ2n) is 6.42. The Balaban J connectivity index is 1.37. The zero-order valence-electron chi connectivity index (χ0n) is 15.6. The van der Waals surface area contributed by atoms with Crippen LogP contribution in [0.1, 0.15) is 12.5 Å². The molecule has 0 aliphatic heterocycles. The molecule has 2 N–H and O–H groups in total. The summed E-state index contributed by atoms with van der Waals surface area (Å²) in [6.45, 7) is 1.46. The van der Waals surface area contributed by atoms with Crippen LogP contribution in [0.2, 0.25) is 0 Å². The van der Waals surface area contributed by atoms with Crippen LogP contribution in [0.25, 0.3) is 22.3 Å². The molecule has 2 aromatic carbocycles. The number of benzene rings is 2. The van der Waals surface area contributed by atoms with Crippen LogP contribution in [0.15, 0.2) is 72.4 Å². The fourth-order valence-electron chi connectivity index (χ4n) is 2.83. The molecule has 6 nitrogen and oxygen atoms in total. The van der Waals surface area contributed by atoms with Crippen molar-refractivity contribution in [1.82, 2.24) is 9.38 Å². The highest BCUT2D eigenvalue weighted by molar-refractivity contribution is 7.15. The van der Waals surface area contributed by atoms with Crippen molar-refractivity contribution < 1.29 is 9.59 Å². The maximum Gasteiger partial charge on any atom is 0.248 e. The number of anilines is 2. The van der Waals surface area contributed by atoms with Crippen molar-refractivity contribution in [2.24, 2.45) is 0 Å².